The van der Waals surface area contributed by atoms with Crippen LogP contribution in [0.25, 0.3) is 0 Å². The van der Waals surface area contributed by atoms with Crippen LogP contribution in [0.15, 0.2) is 16.8 Å². The number of carbonyl (C=O) groups excluding carboxylic acids is 1. The number of amides is 1. The lowest BCUT2D eigenvalue weighted by atomic mass is 10.3. The Morgan fingerprint density at radius 1 is 1.33 bits per heavy atom. The quantitative estimate of drug-likeness (QED) is 0.550. The molecule has 1 heterocycles. The van der Waals surface area contributed by atoms with E-state index < -0.39 is 10.1 Å². The zero-order valence-electron chi connectivity index (χ0n) is 10.6. The third-order valence-electron chi connectivity index (χ3n) is 2.09. The molecule has 0 unspecified atom stereocenters. The van der Waals surface area contributed by atoms with Gasteiger partial charge in [0.15, 0.2) is 0 Å². The fourth-order valence-corrected chi connectivity index (χ4v) is 2.67. The van der Waals surface area contributed by atoms with E-state index in [1.165, 1.54) is 11.3 Å². The number of rotatable bonds is 9. The molecule has 0 radical (unpaired) electrons. The van der Waals surface area contributed by atoms with E-state index in [0.717, 1.165) is 0 Å². The Kier molecular flexibility index (Phi) is 12.4. The molecule has 0 aromatic carbocycles. The smallest absolute Gasteiger partial charge is 0.269 e. The van der Waals surface area contributed by atoms with Crippen LogP contribution in [0.1, 0.15) is 32.1 Å². The van der Waals surface area contributed by atoms with Gasteiger partial charge in [0.1, 0.15) is 0 Å². The normalized spacial score (nSPS) is 10.3. The summed E-state index contributed by atoms with van der Waals surface area (Å²) in [7, 11) is -3.48. The Morgan fingerprint density at radius 3 is 2.62 bits per heavy atom. The largest absolute Gasteiger partial charge is 0.378 e. The summed E-state index contributed by atoms with van der Waals surface area (Å²) < 4.78 is 32.0. The average Bonchev–Trinajstić information content (AvgIpc) is 2.87. The predicted octanol–water partition coefficient (Wildman–Crippen LogP) is 2.13. The molecule has 0 spiro atoms. The molecule has 1 amide bonds. The van der Waals surface area contributed by atoms with Gasteiger partial charge in [-0.25, -0.2) is 0 Å². The van der Waals surface area contributed by atoms with E-state index in [1.54, 1.807) is 18.4 Å². The van der Waals surface area contributed by atoms with E-state index in [2.05, 4.69) is 9.50 Å². The zero-order chi connectivity index (χ0) is 14.1. The Bertz CT molecular complexity index is 471. The molecule has 1 aromatic rings. The van der Waals surface area contributed by atoms with Crippen molar-refractivity contribution in [3.8, 4) is 0 Å². The first-order valence-corrected chi connectivity index (χ1v) is 8.32. The van der Waals surface area contributed by atoms with Gasteiger partial charge in [-0.15, -0.1) is 0 Å². The second-order valence-electron chi connectivity index (χ2n) is 3.55. The monoisotopic (exact) mass is 339 g/mol. The molecule has 0 aliphatic carbocycles. The lowest BCUT2D eigenvalue weighted by Crippen LogP contribution is -2.27. The van der Waals surface area contributed by atoms with Crippen LogP contribution >= 0.6 is 11.3 Å². The summed E-state index contributed by atoms with van der Waals surface area (Å²) in [6, 6.07) is 1.73. The average molecular weight is 339 g/mol. The number of thiophene rings is 1. The third kappa shape index (κ3) is 9.57. The van der Waals surface area contributed by atoms with Gasteiger partial charge in [-0.05, 0) is 18.4 Å². The minimum Gasteiger partial charge on any atom is -0.378 e. The molecule has 6 nitrogen and oxygen atoms in total. The summed E-state index contributed by atoms with van der Waals surface area (Å²) in [5, 5.41) is 6.25. The van der Waals surface area contributed by atoms with Crippen molar-refractivity contribution >= 4 is 27.4 Å². The van der Waals surface area contributed by atoms with Crippen LogP contribution in [0.5, 0.6) is 0 Å². The van der Waals surface area contributed by atoms with Gasteiger partial charge in [0.05, 0.1) is 25.6 Å². The first-order chi connectivity index (χ1) is 9.05. The number of nitrogens with one attached hydrogen (secondary N) is 1. The SMILES string of the molecule is C.C.CCOS(=O)(=O)CCOCCNC(=O)c1ccsc1. The van der Waals surface area contributed by atoms with Crippen molar-refractivity contribution in [2.24, 2.45) is 0 Å². The van der Waals surface area contributed by atoms with Crippen molar-refractivity contribution in [2.75, 3.05) is 32.1 Å². The molecule has 8 heteroatoms. The van der Waals surface area contributed by atoms with E-state index in [4.69, 9.17) is 4.74 Å². The van der Waals surface area contributed by atoms with E-state index in [-0.39, 0.29) is 46.3 Å². The summed E-state index contributed by atoms with van der Waals surface area (Å²) >= 11 is 1.45. The molecule has 0 atom stereocenters. The summed E-state index contributed by atoms with van der Waals surface area (Å²) in [6.45, 7) is 2.38. The van der Waals surface area contributed by atoms with Crippen LogP contribution in [-0.2, 0) is 19.0 Å². The molecule has 0 fully saturated rings. The molecule has 21 heavy (non-hydrogen) atoms. The summed E-state index contributed by atoms with van der Waals surface area (Å²) in [6.07, 6.45) is 0. The molecule has 0 aliphatic rings. The predicted molar refractivity (Wildman–Crippen MR) is 86.3 cm³/mol. The molecule has 0 saturated heterocycles. The molecule has 1 N–H and O–H groups in total. The molecular weight excluding hydrogens is 314 g/mol. The molecule has 0 saturated carbocycles. The van der Waals surface area contributed by atoms with Crippen molar-refractivity contribution in [1.82, 2.24) is 5.32 Å². The fourth-order valence-electron chi connectivity index (χ4n) is 1.23. The van der Waals surface area contributed by atoms with Gasteiger partial charge >= 0.3 is 0 Å². The molecule has 124 valence electrons. The first-order valence-electron chi connectivity index (χ1n) is 5.80. The molecular formula is C13H25NO5S2. The van der Waals surface area contributed by atoms with Crippen LogP contribution < -0.4 is 5.32 Å². The first kappa shape index (κ1) is 22.3. The van der Waals surface area contributed by atoms with Crippen molar-refractivity contribution < 1.29 is 22.1 Å². The molecule has 1 rings (SSSR count). The van der Waals surface area contributed by atoms with Crippen LogP contribution in [0.4, 0.5) is 0 Å². The maximum Gasteiger partial charge on any atom is 0.269 e. The molecule has 1 aromatic heterocycles. The van der Waals surface area contributed by atoms with Crippen molar-refractivity contribution in [1.29, 1.82) is 0 Å². The lowest BCUT2D eigenvalue weighted by molar-refractivity contribution is 0.0922. The van der Waals surface area contributed by atoms with Crippen LogP contribution in [-0.4, -0.2) is 46.4 Å². The number of hydrogen-bond acceptors (Lipinski definition) is 6. The van der Waals surface area contributed by atoms with E-state index in [0.29, 0.717) is 12.1 Å². The molecule has 0 bridgehead atoms. The van der Waals surface area contributed by atoms with Gasteiger partial charge in [0.2, 0.25) is 0 Å². The van der Waals surface area contributed by atoms with Gasteiger partial charge in [-0.3, -0.25) is 8.98 Å². The summed E-state index contributed by atoms with van der Waals surface area (Å²) in [5.41, 5.74) is 0.615. The topological polar surface area (TPSA) is 81.7 Å². The highest BCUT2D eigenvalue weighted by atomic mass is 32.2. The van der Waals surface area contributed by atoms with Crippen molar-refractivity contribution in [2.45, 2.75) is 21.8 Å². The number of carbonyl (C=O) groups is 1. The van der Waals surface area contributed by atoms with Crippen molar-refractivity contribution in [3.63, 3.8) is 0 Å². The van der Waals surface area contributed by atoms with Crippen LogP contribution in [0.3, 0.4) is 0 Å². The maximum absolute atomic E-state index is 11.5. The standard InChI is InChI=1S/C11H17NO5S2.2CH4/c1-2-17-19(14,15)8-6-16-5-4-12-11(13)10-3-7-18-9-10;;/h3,7,9H,2,4-6,8H2,1H3,(H,12,13);2*1H4. The number of hydrogen-bond donors (Lipinski definition) is 1. The third-order valence-corrected chi connectivity index (χ3v) is 4.04. The highest BCUT2D eigenvalue weighted by molar-refractivity contribution is 7.86. The van der Waals surface area contributed by atoms with Gasteiger partial charge in [0.25, 0.3) is 16.0 Å². The van der Waals surface area contributed by atoms with Gasteiger partial charge in [0, 0.05) is 17.5 Å². The van der Waals surface area contributed by atoms with Gasteiger partial charge in [-0.1, -0.05) is 14.9 Å². The Labute approximate surface area is 131 Å². The zero-order valence-corrected chi connectivity index (χ0v) is 12.3. The lowest BCUT2D eigenvalue weighted by Gasteiger charge is -2.06. The van der Waals surface area contributed by atoms with Gasteiger partial charge < -0.3 is 10.1 Å². The summed E-state index contributed by atoms with van der Waals surface area (Å²) in [5.74, 6) is -0.342. The van der Waals surface area contributed by atoms with Crippen LogP contribution in [0, 0.1) is 0 Å². The summed E-state index contributed by atoms with van der Waals surface area (Å²) in [4.78, 5) is 11.5. The fraction of sp³-hybridized carbons (Fsp3) is 0.615. The minimum absolute atomic E-state index is 0. The second-order valence-corrected chi connectivity index (χ2v) is 6.09. The second kappa shape index (κ2) is 11.7. The van der Waals surface area contributed by atoms with Crippen molar-refractivity contribution in [3.05, 3.63) is 22.4 Å². The van der Waals surface area contributed by atoms with Crippen LogP contribution in [0.2, 0.25) is 0 Å². The van der Waals surface area contributed by atoms with E-state index in [1.807, 2.05) is 5.38 Å². The highest BCUT2D eigenvalue weighted by Crippen LogP contribution is 2.04. The molecule has 0 aliphatic heterocycles. The van der Waals surface area contributed by atoms with E-state index >= 15 is 0 Å². The highest BCUT2D eigenvalue weighted by Gasteiger charge is 2.09. The Morgan fingerprint density at radius 2 is 2.05 bits per heavy atom. The van der Waals surface area contributed by atoms with E-state index in [9.17, 15) is 13.2 Å². The minimum atomic E-state index is -3.48. The Hall–Kier alpha value is -0.960. The Balaban J connectivity index is 0. The maximum atomic E-state index is 11.5. The number of ether oxygens (including phenoxy) is 1. The van der Waals surface area contributed by atoms with Gasteiger partial charge in [-0.2, -0.15) is 19.8 Å².